The first-order chi connectivity index (χ1) is 16.6. The van der Waals surface area contributed by atoms with Crippen molar-refractivity contribution in [2.24, 2.45) is 0 Å². The fourth-order valence-electron chi connectivity index (χ4n) is 4.29. The third-order valence-corrected chi connectivity index (χ3v) is 6.53. The molecular weight excluding hydrogens is 481 g/mol. The summed E-state index contributed by atoms with van der Waals surface area (Å²) in [5.74, 6) is 0.427. The number of ether oxygens (including phenoxy) is 1. The van der Waals surface area contributed by atoms with Gasteiger partial charge in [-0.2, -0.15) is 0 Å². The SMILES string of the molecule is C1CCOC1.Cc1cc(C(C)(C)C)c([O-])c(C(C)(C)C)c1.Cc1cc(C(C)(C)C)c([O-])c(C(C)(C)C)c1.[Mg+2]. The second-order valence-corrected chi connectivity index (χ2v) is 14.7. The molecule has 0 radical (unpaired) electrons. The topological polar surface area (TPSA) is 55.3 Å². The summed E-state index contributed by atoms with van der Waals surface area (Å²) in [6, 6.07) is 8.10. The van der Waals surface area contributed by atoms with Crippen molar-refractivity contribution in [2.75, 3.05) is 13.2 Å². The Morgan fingerprint density at radius 3 is 0.842 bits per heavy atom. The Kier molecular flexibility index (Phi) is 13.4. The summed E-state index contributed by atoms with van der Waals surface area (Å²) in [6.45, 7) is 31.2. The van der Waals surface area contributed by atoms with Crippen molar-refractivity contribution in [3.63, 3.8) is 0 Å². The molecule has 0 spiro atoms. The minimum atomic E-state index is -0.0803. The normalized spacial score (nSPS) is 14.1. The molecule has 1 heterocycles. The molecule has 2 aromatic rings. The monoisotopic (exact) mass is 534 g/mol. The molecule has 0 N–H and O–H groups in total. The van der Waals surface area contributed by atoms with Crippen LogP contribution in [0.2, 0.25) is 0 Å². The molecule has 3 nitrogen and oxygen atoms in total. The van der Waals surface area contributed by atoms with Crippen LogP contribution in [0.1, 0.15) is 129 Å². The van der Waals surface area contributed by atoms with Crippen LogP contribution in [-0.2, 0) is 26.4 Å². The van der Waals surface area contributed by atoms with Gasteiger partial charge in [-0.3, -0.25) is 0 Å². The fraction of sp³-hybridized carbons (Fsp3) is 0.647. The van der Waals surface area contributed by atoms with E-state index < -0.39 is 0 Å². The van der Waals surface area contributed by atoms with Gasteiger partial charge in [0.25, 0.3) is 0 Å². The van der Waals surface area contributed by atoms with E-state index >= 15 is 0 Å². The van der Waals surface area contributed by atoms with Gasteiger partial charge in [0.15, 0.2) is 0 Å². The number of rotatable bonds is 0. The molecule has 1 saturated heterocycles. The second-order valence-electron chi connectivity index (χ2n) is 14.7. The van der Waals surface area contributed by atoms with Crippen molar-refractivity contribution < 1.29 is 14.9 Å². The summed E-state index contributed by atoms with van der Waals surface area (Å²) < 4.78 is 4.94. The van der Waals surface area contributed by atoms with Crippen molar-refractivity contribution in [3.05, 3.63) is 57.6 Å². The first kappa shape index (κ1) is 36.8. The molecule has 0 aromatic heterocycles. The smallest absolute Gasteiger partial charge is 0.872 e. The van der Waals surface area contributed by atoms with Gasteiger partial charge < -0.3 is 14.9 Å². The average molecular weight is 535 g/mol. The van der Waals surface area contributed by atoms with E-state index in [1.807, 2.05) is 24.3 Å². The number of hydrogen-bond donors (Lipinski definition) is 0. The minimum absolute atomic E-state index is 0. The average Bonchev–Trinajstić information content (AvgIpc) is 3.28. The third-order valence-electron chi connectivity index (χ3n) is 6.53. The third kappa shape index (κ3) is 11.1. The molecule has 4 heteroatoms. The Labute approximate surface area is 250 Å². The molecule has 0 saturated carbocycles. The molecule has 210 valence electrons. The van der Waals surface area contributed by atoms with Crippen LogP contribution in [-0.4, -0.2) is 36.3 Å². The van der Waals surface area contributed by atoms with Gasteiger partial charge in [-0.05, 0) is 70.6 Å². The molecule has 3 rings (SSSR count). The summed E-state index contributed by atoms with van der Waals surface area (Å²) in [4.78, 5) is 0. The molecule has 38 heavy (non-hydrogen) atoms. The van der Waals surface area contributed by atoms with E-state index in [9.17, 15) is 10.2 Å². The standard InChI is InChI=1S/2C15H24O.C4H8O.Mg/c2*1-10-8-11(14(2,3)4)13(16)12(9-10)15(5,6)7;1-2-4-5-3-1;/h2*8-9,16H,1-7H3;1-4H2;/q;;;+2/p-2. The van der Waals surface area contributed by atoms with E-state index in [1.54, 1.807) is 0 Å². The molecule has 0 bridgehead atoms. The Bertz CT molecular complexity index is 865. The Hall–Kier alpha value is -1.23. The van der Waals surface area contributed by atoms with E-state index in [0.29, 0.717) is 0 Å². The molecule has 1 fully saturated rings. The minimum Gasteiger partial charge on any atom is -0.872 e. The van der Waals surface area contributed by atoms with E-state index in [-0.39, 0.29) is 56.2 Å². The van der Waals surface area contributed by atoms with Crippen molar-refractivity contribution in [1.82, 2.24) is 0 Å². The van der Waals surface area contributed by atoms with Crippen LogP contribution in [0.5, 0.6) is 11.5 Å². The quantitative estimate of drug-likeness (QED) is 0.325. The summed E-state index contributed by atoms with van der Waals surface area (Å²) in [5.41, 5.74) is 5.74. The van der Waals surface area contributed by atoms with Gasteiger partial charge in [0.1, 0.15) is 0 Å². The van der Waals surface area contributed by atoms with Crippen LogP contribution in [0.4, 0.5) is 0 Å². The van der Waals surface area contributed by atoms with Crippen LogP contribution in [0.15, 0.2) is 24.3 Å². The molecule has 1 aliphatic rings. The van der Waals surface area contributed by atoms with Crippen LogP contribution >= 0.6 is 0 Å². The molecule has 2 aromatic carbocycles. The molecule has 0 atom stereocenters. The zero-order chi connectivity index (χ0) is 29.0. The van der Waals surface area contributed by atoms with Crippen LogP contribution < -0.4 is 10.2 Å². The predicted octanol–water partition coefficient (Wildman–Crippen LogP) is 7.74. The van der Waals surface area contributed by atoms with Gasteiger partial charge in [-0.15, -0.1) is 11.5 Å². The van der Waals surface area contributed by atoms with Crippen LogP contribution in [0, 0.1) is 13.8 Å². The van der Waals surface area contributed by atoms with Crippen molar-refractivity contribution in [1.29, 1.82) is 0 Å². The summed E-state index contributed by atoms with van der Waals surface area (Å²) >= 11 is 0. The number of aryl methyl sites for hydroxylation is 2. The maximum atomic E-state index is 12.4. The second kappa shape index (κ2) is 13.9. The number of hydrogen-bond acceptors (Lipinski definition) is 3. The molecule has 0 aliphatic carbocycles. The maximum Gasteiger partial charge on any atom is 2.00 e. The van der Waals surface area contributed by atoms with Gasteiger partial charge in [0, 0.05) is 13.2 Å². The first-order valence-corrected chi connectivity index (χ1v) is 13.8. The largest absolute Gasteiger partial charge is 2.00 e. The zero-order valence-corrected chi connectivity index (χ0v) is 28.5. The molecular formula is C34H54MgO3. The van der Waals surface area contributed by atoms with Crippen molar-refractivity contribution >= 4 is 23.1 Å². The Morgan fingerprint density at radius 2 is 0.711 bits per heavy atom. The Morgan fingerprint density at radius 1 is 0.500 bits per heavy atom. The van der Waals surface area contributed by atoms with Crippen molar-refractivity contribution in [3.8, 4) is 11.5 Å². The first-order valence-electron chi connectivity index (χ1n) is 13.8. The van der Waals surface area contributed by atoms with Crippen LogP contribution in [0.25, 0.3) is 0 Å². The predicted molar refractivity (Wildman–Crippen MR) is 162 cm³/mol. The van der Waals surface area contributed by atoms with Crippen LogP contribution in [0.3, 0.4) is 0 Å². The molecule has 1 aliphatic heterocycles. The van der Waals surface area contributed by atoms with E-state index in [4.69, 9.17) is 4.74 Å². The molecule has 0 unspecified atom stereocenters. The van der Waals surface area contributed by atoms with Gasteiger partial charge >= 0.3 is 23.1 Å². The van der Waals surface area contributed by atoms with Gasteiger partial charge in [-0.25, -0.2) is 0 Å². The van der Waals surface area contributed by atoms with Gasteiger partial charge in [-0.1, -0.05) is 118 Å². The summed E-state index contributed by atoms with van der Waals surface area (Å²) in [5, 5.41) is 24.8. The van der Waals surface area contributed by atoms with Gasteiger partial charge in [0.05, 0.1) is 0 Å². The van der Waals surface area contributed by atoms with Crippen molar-refractivity contribution in [2.45, 2.75) is 131 Å². The zero-order valence-electron chi connectivity index (χ0n) is 27.1. The maximum absolute atomic E-state index is 12.4. The molecule has 0 amide bonds. The van der Waals surface area contributed by atoms with Gasteiger partial charge in [0.2, 0.25) is 0 Å². The van der Waals surface area contributed by atoms with E-state index in [2.05, 4.69) is 96.9 Å². The Balaban J connectivity index is 0.000000594. The summed E-state index contributed by atoms with van der Waals surface area (Å²) in [6.07, 6.45) is 2.56. The van der Waals surface area contributed by atoms with E-state index in [1.165, 1.54) is 24.0 Å². The summed E-state index contributed by atoms with van der Waals surface area (Å²) in [7, 11) is 0. The fourth-order valence-corrected chi connectivity index (χ4v) is 4.29. The number of benzene rings is 2. The van der Waals surface area contributed by atoms with E-state index in [0.717, 1.165) is 35.5 Å².